The maximum Gasteiger partial charge on any atom is 0.224 e. The Morgan fingerprint density at radius 2 is 2.11 bits per heavy atom. The van der Waals surface area contributed by atoms with Gasteiger partial charge in [-0.1, -0.05) is 0 Å². The molecule has 5 heteroatoms. The fourth-order valence-corrected chi connectivity index (χ4v) is 1.78. The van der Waals surface area contributed by atoms with E-state index in [-0.39, 0.29) is 0 Å². The molecule has 1 N–H and O–H groups in total. The van der Waals surface area contributed by atoms with Gasteiger partial charge in [0.25, 0.3) is 0 Å². The normalized spacial score (nSPS) is 14.2. The summed E-state index contributed by atoms with van der Waals surface area (Å²) in [5.41, 5.74) is 0.963. The lowest BCUT2D eigenvalue weighted by Crippen LogP contribution is -2.01. The van der Waals surface area contributed by atoms with Gasteiger partial charge >= 0.3 is 0 Å². The lowest BCUT2D eigenvalue weighted by atomic mass is 10.3. The van der Waals surface area contributed by atoms with E-state index in [1.807, 2.05) is 26.1 Å². The number of nitrogens with one attached hydrogen (secondary N) is 1. The Morgan fingerprint density at radius 1 is 1.26 bits per heavy atom. The minimum absolute atomic E-state index is 0.492. The van der Waals surface area contributed by atoms with E-state index >= 15 is 0 Å². The van der Waals surface area contributed by atoms with Gasteiger partial charge in [0.15, 0.2) is 0 Å². The van der Waals surface area contributed by atoms with E-state index in [1.165, 1.54) is 12.8 Å². The van der Waals surface area contributed by atoms with Crippen molar-refractivity contribution in [3.05, 3.63) is 35.9 Å². The number of hydrogen-bond donors (Lipinski definition) is 1. The fourth-order valence-electron chi connectivity index (χ4n) is 1.78. The molecule has 0 aliphatic heterocycles. The van der Waals surface area contributed by atoms with Gasteiger partial charge < -0.3 is 10.1 Å². The van der Waals surface area contributed by atoms with Crippen molar-refractivity contribution < 1.29 is 4.74 Å². The van der Waals surface area contributed by atoms with E-state index in [0.717, 1.165) is 17.3 Å². The SMILES string of the molecule is CNc1cc(Oc2ccc(C)nc2)nc(C2CC2)n1. The predicted octanol–water partition coefficient (Wildman–Crippen LogP) is 2.89. The number of aryl methyl sites for hydroxylation is 1. The fraction of sp³-hybridized carbons (Fsp3) is 0.357. The molecule has 98 valence electrons. The molecule has 0 amide bonds. The van der Waals surface area contributed by atoms with Crippen LogP contribution in [-0.4, -0.2) is 22.0 Å². The molecule has 0 spiro atoms. The molecule has 19 heavy (non-hydrogen) atoms. The molecule has 1 aliphatic carbocycles. The van der Waals surface area contributed by atoms with Crippen LogP contribution in [0.3, 0.4) is 0 Å². The first-order valence-corrected chi connectivity index (χ1v) is 6.42. The van der Waals surface area contributed by atoms with Crippen LogP contribution < -0.4 is 10.1 Å². The third kappa shape index (κ3) is 2.81. The Bertz CT molecular complexity index is 578. The van der Waals surface area contributed by atoms with E-state index in [0.29, 0.717) is 17.5 Å². The molecular weight excluding hydrogens is 240 g/mol. The lowest BCUT2D eigenvalue weighted by Gasteiger charge is -2.08. The zero-order valence-corrected chi connectivity index (χ0v) is 11.1. The molecule has 0 atom stereocenters. The van der Waals surface area contributed by atoms with Crippen LogP contribution in [-0.2, 0) is 0 Å². The van der Waals surface area contributed by atoms with Crippen LogP contribution in [0.4, 0.5) is 5.82 Å². The Balaban J connectivity index is 1.86. The van der Waals surface area contributed by atoms with E-state index in [9.17, 15) is 0 Å². The highest BCUT2D eigenvalue weighted by molar-refractivity contribution is 5.40. The summed E-state index contributed by atoms with van der Waals surface area (Å²) >= 11 is 0. The van der Waals surface area contributed by atoms with E-state index < -0.39 is 0 Å². The van der Waals surface area contributed by atoms with Gasteiger partial charge in [0.2, 0.25) is 5.88 Å². The van der Waals surface area contributed by atoms with Crippen LogP contribution in [0.2, 0.25) is 0 Å². The van der Waals surface area contributed by atoms with Gasteiger partial charge in [-0.25, -0.2) is 4.98 Å². The Morgan fingerprint density at radius 3 is 2.74 bits per heavy atom. The smallest absolute Gasteiger partial charge is 0.224 e. The van der Waals surface area contributed by atoms with E-state index in [2.05, 4.69) is 20.3 Å². The van der Waals surface area contributed by atoms with Crippen LogP contribution in [0.15, 0.2) is 24.4 Å². The van der Waals surface area contributed by atoms with Gasteiger partial charge in [-0.2, -0.15) is 4.98 Å². The monoisotopic (exact) mass is 256 g/mol. The van der Waals surface area contributed by atoms with Gasteiger partial charge in [0, 0.05) is 24.7 Å². The third-order valence-corrected chi connectivity index (χ3v) is 3.03. The maximum absolute atomic E-state index is 5.74. The summed E-state index contributed by atoms with van der Waals surface area (Å²) in [5.74, 6) is 3.39. The molecular formula is C14H16N4O. The first kappa shape index (κ1) is 11.9. The molecule has 1 saturated carbocycles. The van der Waals surface area contributed by atoms with Gasteiger partial charge in [-0.3, -0.25) is 4.98 Å². The molecule has 2 aromatic rings. The standard InChI is InChI=1S/C14H16N4O/c1-9-3-6-11(8-16-9)19-13-7-12(15-2)17-14(18-13)10-4-5-10/h3,6-8,10H,4-5H2,1-2H3,(H,15,17,18). The van der Waals surface area contributed by atoms with Crippen molar-refractivity contribution in [1.82, 2.24) is 15.0 Å². The minimum atomic E-state index is 0.492. The summed E-state index contributed by atoms with van der Waals surface area (Å²) in [5, 5.41) is 3.04. The second-order valence-corrected chi connectivity index (χ2v) is 4.71. The quantitative estimate of drug-likeness (QED) is 0.911. The summed E-state index contributed by atoms with van der Waals surface area (Å²) in [6.45, 7) is 1.94. The van der Waals surface area contributed by atoms with Crippen molar-refractivity contribution in [2.24, 2.45) is 0 Å². The Hall–Kier alpha value is -2.17. The predicted molar refractivity (Wildman–Crippen MR) is 72.6 cm³/mol. The Kier molecular flexibility index (Phi) is 3.03. The molecule has 2 aromatic heterocycles. The highest BCUT2D eigenvalue weighted by Crippen LogP contribution is 2.39. The van der Waals surface area contributed by atoms with E-state index in [4.69, 9.17) is 4.74 Å². The summed E-state index contributed by atoms with van der Waals surface area (Å²) in [6, 6.07) is 5.60. The zero-order chi connectivity index (χ0) is 13.2. The highest BCUT2D eigenvalue weighted by Gasteiger charge is 2.27. The van der Waals surface area contributed by atoms with Gasteiger partial charge in [0.1, 0.15) is 17.4 Å². The van der Waals surface area contributed by atoms with Crippen molar-refractivity contribution in [3.8, 4) is 11.6 Å². The molecule has 2 heterocycles. The second-order valence-electron chi connectivity index (χ2n) is 4.71. The number of rotatable bonds is 4. The molecule has 0 radical (unpaired) electrons. The lowest BCUT2D eigenvalue weighted by molar-refractivity contribution is 0.456. The second kappa shape index (κ2) is 4.84. The molecule has 0 saturated heterocycles. The molecule has 5 nitrogen and oxygen atoms in total. The topological polar surface area (TPSA) is 59.9 Å². The number of nitrogens with zero attached hydrogens (tertiary/aromatic N) is 3. The zero-order valence-electron chi connectivity index (χ0n) is 11.1. The number of anilines is 1. The molecule has 3 rings (SSSR count). The average Bonchev–Trinajstić information content (AvgIpc) is 3.25. The summed E-state index contributed by atoms with van der Waals surface area (Å²) in [7, 11) is 1.84. The van der Waals surface area contributed by atoms with Crippen molar-refractivity contribution in [3.63, 3.8) is 0 Å². The number of aromatic nitrogens is 3. The largest absolute Gasteiger partial charge is 0.437 e. The summed E-state index contributed by atoms with van der Waals surface area (Å²) in [6.07, 6.45) is 4.03. The van der Waals surface area contributed by atoms with Crippen molar-refractivity contribution in [2.45, 2.75) is 25.7 Å². The van der Waals surface area contributed by atoms with Gasteiger partial charge in [-0.15, -0.1) is 0 Å². The number of hydrogen-bond acceptors (Lipinski definition) is 5. The summed E-state index contributed by atoms with van der Waals surface area (Å²) in [4.78, 5) is 13.1. The van der Waals surface area contributed by atoms with Crippen LogP contribution in [0.5, 0.6) is 11.6 Å². The van der Waals surface area contributed by atoms with Crippen molar-refractivity contribution >= 4 is 5.82 Å². The van der Waals surface area contributed by atoms with Crippen LogP contribution in [0.1, 0.15) is 30.3 Å². The number of pyridine rings is 1. The van der Waals surface area contributed by atoms with Gasteiger partial charge in [0.05, 0.1) is 6.20 Å². The van der Waals surface area contributed by atoms with Crippen molar-refractivity contribution in [2.75, 3.05) is 12.4 Å². The molecule has 0 unspecified atom stereocenters. The molecule has 1 aliphatic rings. The Labute approximate surface area is 112 Å². The van der Waals surface area contributed by atoms with Gasteiger partial charge in [-0.05, 0) is 31.9 Å². The molecule has 0 aromatic carbocycles. The molecule has 0 bridgehead atoms. The van der Waals surface area contributed by atoms with Crippen LogP contribution in [0.25, 0.3) is 0 Å². The number of ether oxygens (including phenoxy) is 1. The third-order valence-electron chi connectivity index (χ3n) is 3.03. The van der Waals surface area contributed by atoms with Crippen LogP contribution in [0, 0.1) is 6.92 Å². The first-order chi connectivity index (χ1) is 9.24. The van der Waals surface area contributed by atoms with Crippen molar-refractivity contribution in [1.29, 1.82) is 0 Å². The summed E-state index contributed by atoms with van der Waals surface area (Å²) < 4.78 is 5.74. The minimum Gasteiger partial charge on any atom is -0.437 e. The maximum atomic E-state index is 5.74. The average molecular weight is 256 g/mol. The molecule has 1 fully saturated rings. The first-order valence-electron chi connectivity index (χ1n) is 6.42. The van der Waals surface area contributed by atoms with Crippen LogP contribution >= 0.6 is 0 Å². The highest BCUT2D eigenvalue weighted by atomic mass is 16.5. The van der Waals surface area contributed by atoms with E-state index in [1.54, 1.807) is 12.3 Å².